The molecule has 0 saturated heterocycles. The number of rotatable bonds is 4. The summed E-state index contributed by atoms with van der Waals surface area (Å²) in [5, 5.41) is 3.91. The van der Waals surface area contributed by atoms with Crippen LogP contribution in [0.2, 0.25) is 0 Å². The zero-order chi connectivity index (χ0) is 14.2. The highest BCUT2D eigenvalue weighted by atomic mass is 32.2. The van der Waals surface area contributed by atoms with E-state index in [0.29, 0.717) is 11.8 Å². The van der Waals surface area contributed by atoms with E-state index in [0.717, 1.165) is 30.5 Å². The molecule has 0 spiro atoms. The summed E-state index contributed by atoms with van der Waals surface area (Å²) in [6, 6.07) is 6.39. The molecule has 3 rings (SSSR count). The molecule has 0 amide bonds. The lowest BCUT2D eigenvalue weighted by Crippen LogP contribution is -2.12. The molecule has 5 heteroatoms. The normalized spacial score (nSPS) is 26.9. The van der Waals surface area contributed by atoms with Crippen molar-refractivity contribution in [1.29, 1.82) is 0 Å². The lowest BCUT2D eigenvalue weighted by atomic mass is 9.99. The van der Waals surface area contributed by atoms with Gasteiger partial charge in [0.2, 0.25) is 0 Å². The van der Waals surface area contributed by atoms with Crippen molar-refractivity contribution in [3.63, 3.8) is 0 Å². The highest BCUT2D eigenvalue weighted by Crippen LogP contribution is 2.42. The van der Waals surface area contributed by atoms with Gasteiger partial charge in [-0.2, -0.15) is 8.42 Å². The summed E-state index contributed by atoms with van der Waals surface area (Å²) < 4.78 is 28.9. The molecule has 2 fully saturated rings. The Hall–Kier alpha value is -1.62. The minimum absolute atomic E-state index is 0.121. The first-order valence-corrected chi connectivity index (χ1v) is 8.22. The topological polar surface area (TPSA) is 55.7 Å². The van der Waals surface area contributed by atoms with Crippen molar-refractivity contribution in [1.82, 2.24) is 0 Å². The van der Waals surface area contributed by atoms with Gasteiger partial charge in [0.25, 0.3) is 0 Å². The quantitative estimate of drug-likeness (QED) is 0.800. The van der Waals surface area contributed by atoms with Crippen molar-refractivity contribution >= 4 is 21.9 Å². The molecule has 1 aromatic carbocycles. The van der Waals surface area contributed by atoms with E-state index >= 15 is 0 Å². The van der Waals surface area contributed by atoms with Gasteiger partial charge in [0.1, 0.15) is 4.90 Å². The Morgan fingerprint density at radius 3 is 2.55 bits per heavy atom. The maximum absolute atomic E-state index is 12.0. The number of hydrogen-bond donors (Lipinski definition) is 0. The lowest BCUT2D eigenvalue weighted by Gasteiger charge is -2.11. The average molecular weight is 291 g/mol. The predicted molar refractivity (Wildman–Crippen MR) is 77.7 cm³/mol. The van der Waals surface area contributed by atoms with Crippen LogP contribution in [0.5, 0.6) is 0 Å². The number of hydrogen-bond acceptors (Lipinski definition) is 4. The Kier molecular flexibility index (Phi) is 3.38. The van der Waals surface area contributed by atoms with Crippen LogP contribution in [0.4, 0.5) is 0 Å². The van der Waals surface area contributed by atoms with Gasteiger partial charge in [-0.3, -0.25) is 4.28 Å². The van der Waals surface area contributed by atoms with Gasteiger partial charge in [-0.05, 0) is 49.3 Å². The van der Waals surface area contributed by atoms with Gasteiger partial charge in [0, 0.05) is 5.92 Å². The molecule has 0 radical (unpaired) electrons. The van der Waals surface area contributed by atoms with E-state index in [-0.39, 0.29) is 4.90 Å². The van der Waals surface area contributed by atoms with Gasteiger partial charge in [-0.15, -0.1) is 0 Å². The number of oxime groups is 1. The van der Waals surface area contributed by atoms with Gasteiger partial charge in [-0.25, -0.2) is 0 Å². The Morgan fingerprint density at radius 2 is 2.00 bits per heavy atom. The summed E-state index contributed by atoms with van der Waals surface area (Å²) in [6.45, 7) is 3.63. The van der Waals surface area contributed by atoms with E-state index in [2.05, 4.69) is 11.7 Å². The standard InChI is InChI=1S/C15H17NO3S/c1-2-11-4-7-14(8-5-11)20(17,18)19-16-15-10-12-3-6-13(15)9-12/h2,4-5,7-8,12-13H,1,3,6,9-10H2/b16-15-. The van der Waals surface area contributed by atoms with E-state index in [1.54, 1.807) is 18.2 Å². The van der Waals surface area contributed by atoms with E-state index in [1.165, 1.54) is 18.6 Å². The molecule has 2 atom stereocenters. The van der Waals surface area contributed by atoms with E-state index in [4.69, 9.17) is 4.28 Å². The molecule has 0 N–H and O–H groups in total. The fraction of sp³-hybridized carbons (Fsp3) is 0.400. The van der Waals surface area contributed by atoms with Crippen LogP contribution in [0.25, 0.3) is 6.08 Å². The van der Waals surface area contributed by atoms with E-state index in [1.807, 2.05) is 0 Å². The molecule has 2 unspecified atom stereocenters. The summed E-state index contributed by atoms with van der Waals surface area (Å²) >= 11 is 0. The van der Waals surface area contributed by atoms with Gasteiger partial charge in [0.05, 0.1) is 5.71 Å². The van der Waals surface area contributed by atoms with Crippen LogP contribution >= 0.6 is 0 Å². The first-order chi connectivity index (χ1) is 9.58. The average Bonchev–Trinajstić information content (AvgIpc) is 3.08. The summed E-state index contributed by atoms with van der Waals surface area (Å²) in [7, 11) is -3.81. The maximum atomic E-state index is 12.0. The minimum atomic E-state index is -3.81. The SMILES string of the molecule is C=Cc1ccc(S(=O)(=O)O/N=C2/CC3CCC2C3)cc1. The molecular weight excluding hydrogens is 274 g/mol. The minimum Gasteiger partial charge on any atom is -0.265 e. The fourth-order valence-electron chi connectivity index (χ4n) is 3.05. The third kappa shape index (κ3) is 2.50. The molecule has 2 aliphatic carbocycles. The Labute approximate surface area is 119 Å². The van der Waals surface area contributed by atoms with Crippen LogP contribution in [0.1, 0.15) is 31.2 Å². The van der Waals surface area contributed by atoms with Crippen LogP contribution in [0.3, 0.4) is 0 Å². The van der Waals surface area contributed by atoms with Crippen LogP contribution in [0, 0.1) is 11.8 Å². The molecule has 4 nitrogen and oxygen atoms in total. The fourth-order valence-corrected chi connectivity index (χ4v) is 3.80. The number of benzene rings is 1. The number of nitrogens with zero attached hydrogens (tertiary/aromatic N) is 1. The Bertz CT molecular complexity index is 646. The molecular formula is C15H17NO3S. The zero-order valence-corrected chi connectivity index (χ0v) is 12.0. The third-order valence-electron chi connectivity index (χ3n) is 4.17. The molecule has 1 aromatic rings. The monoisotopic (exact) mass is 291 g/mol. The summed E-state index contributed by atoms with van der Waals surface area (Å²) in [4.78, 5) is 0.121. The molecule has 2 bridgehead atoms. The first kappa shape index (κ1) is 13.4. The molecule has 20 heavy (non-hydrogen) atoms. The van der Waals surface area contributed by atoms with E-state index < -0.39 is 10.1 Å². The summed E-state index contributed by atoms with van der Waals surface area (Å²) in [6.07, 6.45) is 6.03. The number of fused-ring (bicyclic) bond motifs is 2. The molecule has 2 aliphatic rings. The Balaban J connectivity index is 1.75. The van der Waals surface area contributed by atoms with Crippen LogP contribution in [0.15, 0.2) is 40.9 Å². The van der Waals surface area contributed by atoms with Gasteiger partial charge in [-0.1, -0.05) is 29.9 Å². The van der Waals surface area contributed by atoms with Crippen LogP contribution in [-0.2, 0) is 14.4 Å². The van der Waals surface area contributed by atoms with E-state index in [9.17, 15) is 8.42 Å². The van der Waals surface area contributed by atoms with Crippen molar-refractivity contribution in [2.45, 2.75) is 30.6 Å². The van der Waals surface area contributed by atoms with Crippen LogP contribution < -0.4 is 0 Å². The first-order valence-electron chi connectivity index (χ1n) is 6.81. The molecule has 0 aromatic heterocycles. The summed E-state index contributed by atoms with van der Waals surface area (Å²) in [5.74, 6) is 1.11. The van der Waals surface area contributed by atoms with Crippen molar-refractivity contribution in [2.24, 2.45) is 17.0 Å². The van der Waals surface area contributed by atoms with Crippen molar-refractivity contribution in [3.05, 3.63) is 36.4 Å². The zero-order valence-electron chi connectivity index (χ0n) is 11.2. The third-order valence-corrected chi connectivity index (χ3v) is 5.29. The second-order valence-electron chi connectivity index (χ2n) is 5.46. The van der Waals surface area contributed by atoms with Crippen molar-refractivity contribution < 1.29 is 12.7 Å². The van der Waals surface area contributed by atoms with Crippen molar-refractivity contribution in [2.75, 3.05) is 0 Å². The second-order valence-corrected chi connectivity index (χ2v) is 6.99. The molecule has 106 valence electrons. The predicted octanol–water partition coefficient (Wildman–Crippen LogP) is 3.21. The lowest BCUT2D eigenvalue weighted by molar-refractivity contribution is 0.334. The Morgan fingerprint density at radius 1 is 1.25 bits per heavy atom. The summed E-state index contributed by atoms with van der Waals surface area (Å²) in [5.41, 5.74) is 1.77. The van der Waals surface area contributed by atoms with Crippen molar-refractivity contribution in [3.8, 4) is 0 Å². The molecule has 0 heterocycles. The molecule has 0 aliphatic heterocycles. The van der Waals surface area contributed by atoms with Gasteiger partial charge >= 0.3 is 10.1 Å². The van der Waals surface area contributed by atoms with Gasteiger partial charge < -0.3 is 0 Å². The smallest absolute Gasteiger partial charge is 0.265 e. The maximum Gasteiger partial charge on any atom is 0.358 e. The highest BCUT2D eigenvalue weighted by Gasteiger charge is 2.37. The molecule has 2 saturated carbocycles. The highest BCUT2D eigenvalue weighted by molar-refractivity contribution is 7.86. The van der Waals surface area contributed by atoms with Gasteiger partial charge in [0.15, 0.2) is 0 Å². The largest absolute Gasteiger partial charge is 0.358 e. The van der Waals surface area contributed by atoms with Crippen LogP contribution in [-0.4, -0.2) is 14.1 Å². The second kappa shape index (κ2) is 5.05.